The van der Waals surface area contributed by atoms with E-state index in [-0.39, 0.29) is 16.4 Å². The van der Waals surface area contributed by atoms with E-state index in [9.17, 15) is 14.7 Å². The Morgan fingerprint density at radius 1 is 1.19 bits per heavy atom. The number of carbonyl (C=O) groups excluding carboxylic acids is 2. The molecule has 0 atom stereocenters. The number of anilines is 1. The molecule has 0 bridgehead atoms. The minimum Gasteiger partial charge on any atom is -0.506 e. The summed E-state index contributed by atoms with van der Waals surface area (Å²) in [5.74, 6) is -1.09. The summed E-state index contributed by atoms with van der Waals surface area (Å²) in [5.41, 5.74) is 1.77. The number of nitrogens with one attached hydrogen (secondary N) is 1. The Morgan fingerprint density at radius 3 is 2.58 bits per heavy atom. The smallest absolute Gasteiger partial charge is 0.270 e. The highest BCUT2D eigenvalue weighted by atomic mass is 127. The molecule has 5 nitrogen and oxygen atoms in total. The fourth-order valence-corrected chi connectivity index (χ4v) is 4.71. The van der Waals surface area contributed by atoms with Crippen molar-refractivity contribution in [3.8, 4) is 5.75 Å². The lowest BCUT2D eigenvalue weighted by atomic mass is 10.1. The first kappa shape index (κ1) is 19.2. The van der Waals surface area contributed by atoms with Crippen LogP contribution in [0.15, 0.2) is 42.0 Å². The highest BCUT2D eigenvalue weighted by Gasteiger charge is 2.35. The number of thiocarbonyl (C=S) groups is 1. The van der Waals surface area contributed by atoms with Crippen LogP contribution in [0.1, 0.15) is 11.1 Å². The number of phenolic OH excluding ortho intramolecular Hbond substituents is 1. The van der Waals surface area contributed by atoms with Crippen LogP contribution in [0.3, 0.4) is 0 Å². The number of phenols is 1. The molecule has 0 spiro atoms. The molecule has 2 amide bonds. The van der Waals surface area contributed by atoms with Gasteiger partial charge in [0, 0.05) is 9.13 Å². The number of para-hydroxylation sites is 1. The van der Waals surface area contributed by atoms with E-state index in [1.54, 1.807) is 24.3 Å². The lowest BCUT2D eigenvalue weighted by Crippen LogP contribution is -2.54. The second-order valence-electron chi connectivity index (χ2n) is 5.57. The molecule has 3 rings (SSSR count). The number of hydrogen-bond acceptors (Lipinski definition) is 4. The van der Waals surface area contributed by atoms with Gasteiger partial charge >= 0.3 is 0 Å². The normalized spacial score (nSPS) is 16.2. The van der Waals surface area contributed by atoms with Gasteiger partial charge in [0.2, 0.25) is 0 Å². The Bertz CT molecular complexity index is 988. The Hall–Kier alpha value is -1.53. The molecule has 0 aromatic heterocycles. The van der Waals surface area contributed by atoms with E-state index in [0.717, 1.165) is 9.13 Å². The third-order valence-corrected chi connectivity index (χ3v) is 5.55. The largest absolute Gasteiger partial charge is 0.506 e. The highest BCUT2D eigenvalue weighted by Crippen LogP contribution is 2.30. The van der Waals surface area contributed by atoms with Crippen LogP contribution in [0.25, 0.3) is 6.08 Å². The average molecular weight is 590 g/mol. The van der Waals surface area contributed by atoms with Crippen LogP contribution in [0.2, 0.25) is 0 Å². The summed E-state index contributed by atoms with van der Waals surface area (Å²) in [6.07, 6.45) is 1.39. The summed E-state index contributed by atoms with van der Waals surface area (Å²) in [4.78, 5) is 26.7. The maximum Gasteiger partial charge on any atom is 0.270 e. The van der Waals surface area contributed by atoms with Crippen molar-refractivity contribution in [3.05, 3.63) is 60.2 Å². The van der Waals surface area contributed by atoms with Crippen molar-refractivity contribution in [1.82, 2.24) is 5.32 Å². The first-order chi connectivity index (χ1) is 12.3. The van der Waals surface area contributed by atoms with Gasteiger partial charge < -0.3 is 5.11 Å². The zero-order valence-electron chi connectivity index (χ0n) is 13.4. The molecular weight excluding hydrogens is 578 g/mol. The molecule has 1 heterocycles. The molecule has 1 aliphatic rings. The quantitative estimate of drug-likeness (QED) is 0.242. The maximum absolute atomic E-state index is 13.0. The molecule has 0 radical (unpaired) electrons. The third-order valence-electron chi connectivity index (χ3n) is 3.82. The number of nitrogens with zero attached hydrogens (tertiary/aromatic N) is 1. The van der Waals surface area contributed by atoms with Crippen LogP contribution < -0.4 is 10.2 Å². The number of rotatable bonds is 2. The van der Waals surface area contributed by atoms with Crippen molar-refractivity contribution in [1.29, 1.82) is 0 Å². The predicted molar refractivity (Wildman–Crippen MR) is 121 cm³/mol. The van der Waals surface area contributed by atoms with Gasteiger partial charge in [0.05, 0.1) is 9.26 Å². The molecule has 0 unspecified atom stereocenters. The van der Waals surface area contributed by atoms with Gasteiger partial charge in [0.1, 0.15) is 11.3 Å². The van der Waals surface area contributed by atoms with Crippen molar-refractivity contribution in [2.75, 3.05) is 4.90 Å². The SMILES string of the molecule is Cc1ccccc1N1C(=O)C(=Cc2cc(I)cc(I)c2O)C(=O)NC1=S. The van der Waals surface area contributed by atoms with Gasteiger partial charge in [-0.05, 0) is 94.2 Å². The highest BCUT2D eigenvalue weighted by molar-refractivity contribution is 14.1. The van der Waals surface area contributed by atoms with Crippen LogP contribution in [0.4, 0.5) is 5.69 Å². The standard InChI is InChI=1S/C18H12I2N2O3S/c1-9-4-2-3-5-14(9)22-17(25)12(16(24)21-18(22)26)7-10-6-11(19)8-13(20)15(10)23/h2-8,23H,1H3,(H,21,24,26). The van der Waals surface area contributed by atoms with E-state index in [1.807, 2.05) is 41.6 Å². The topological polar surface area (TPSA) is 69.6 Å². The number of carbonyl (C=O) groups is 2. The van der Waals surface area contributed by atoms with E-state index in [2.05, 4.69) is 27.9 Å². The lowest BCUT2D eigenvalue weighted by Gasteiger charge is -2.30. The molecular formula is C18H12I2N2O3S. The van der Waals surface area contributed by atoms with Gasteiger partial charge in [0.25, 0.3) is 11.8 Å². The summed E-state index contributed by atoms with van der Waals surface area (Å²) in [7, 11) is 0. The van der Waals surface area contributed by atoms with Crippen LogP contribution >= 0.6 is 57.4 Å². The molecule has 2 aromatic carbocycles. The molecule has 26 heavy (non-hydrogen) atoms. The van der Waals surface area contributed by atoms with Crippen LogP contribution in [-0.2, 0) is 9.59 Å². The van der Waals surface area contributed by atoms with Crippen molar-refractivity contribution < 1.29 is 14.7 Å². The average Bonchev–Trinajstić information content (AvgIpc) is 2.57. The first-order valence-corrected chi connectivity index (χ1v) is 10.0. The second kappa shape index (κ2) is 7.61. The zero-order valence-corrected chi connectivity index (χ0v) is 18.5. The Labute approximate surface area is 182 Å². The molecule has 2 aromatic rings. The number of halogens is 2. The van der Waals surface area contributed by atoms with Gasteiger partial charge in [-0.15, -0.1) is 0 Å². The number of aromatic hydroxyl groups is 1. The number of benzene rings is 2. The van der Waals surface area contributed by atoms with Crippen molar-refractivity contribution in [2.24, 2.45) is 0 Å². The minimum atomic E-state index is -0.585. The van der Waals surface area contributed by atoms with Crippen molar-refractivity contribution in [3.63, 3.8) is 0 Å². The van der Waals surface area contributed by atoms with E-state index in [4.69, 9.17) is 12.2 Å². The van der Waals surface area contributed by atoms with Crippen molar-refractivity contribution >= 4 is 86.1 Å². The molecule has 1 fully saturated rings. The summed E-state index contributed by atoms with van der Waals surface area (Å²) >= 11 is 9.31. The van der Waals surface area contributed by atoms with Gasteiger partial charge in [-0.1, -0.05) is 18.2 Å². The molecule has 0 saturated carbocycles. The predicted octanol–water partition coefficient (Wildman–Crippen LogP) is 3.74. The summed E-state index contributed by atoms with van der Waals surface area (Å²) in [6.45, 7) is 1.86. The Balaban J connectivity index is 2.11. The molecule has 1 aliphatic heterocycles. The Morgan fingerprint density at radius 2 is 1.88 bits per heavy atom. The molecule has 2 N–H and O–H groups in total. The van der Waals surface area contributed by atoms with Gasteiger partial charge in [-0.2, -0.15) is 0 Å². The summed E-state index contributed by atoms with van der Waals surface area (Å²) < 4.78 is 1.52. The lowest BCUT2D eigenvalue weighted by molar-refractivity contribution is -0.122. The first-order valence-electron chi connectivity index (χ1n) is 7.44. The van der Waals surface area contributed by atoms with Gasteiger partial charge in [0.15, 0.2) is 5.11 Å². The van der Waals surface area contributed by atoms with E-state index >= 15 is 0 Å². The van der Waals surface area contributed by atoms with E-state index in [0.29, 0.717) is 14.8 Å². The summed E-state index contributed by atoms with van der Waals surface area (Å²) in [6, 6.07) is 10.8. The molecule has 0 aliphatic carbocycles. The Kier molecular flexibility index (Phi) is 5.63. The molecule has 8 heteroatoms. The van der Waals surface area contributed by atoms with Gasteiger partial charge in [-0.3, -0.25) is 19.8 Å². The fourth-order valence-electron chi connectivity index (χ4n) is 2.54. The number of aryl methyl sites for hydroxylation is 1. The molecule has 1 saturated heterocycles. The number of hydrogen-bond donors (Lipinski definition) is 2. The fraction of sp³-hybridized carbons (Fsp3) is 0.0556. The minimum absolute atomic E-state index is 0.0229. The van der Waals surface area contributed by atoms with Crippen molar-refractivity contribution in [2.45, 2.75) is 6.92 Å². The van der Waals surface area contributed by atoms with Gasteiger partial charge in [-0.25, -0.2) is 0 Å². The maximum atomic E-state index is 13.0. The van der Waals surface area contributed by atoms with E-state index < -0.39 is 11.8 Å². The van der Waals surface area contributed by atoms with Crippen LogP contribution in [0.5, 0.6) is 5.75 Å². The second-order valence-corrected chi connectivity index (χ2v) is 8.36. The van der Waals surface area contributed by atoms with Crippen LogP contribution in [-0.4, -0.2) is 22.0 Å². The monoisotopic (exact) mass is 590 g/mol. The summed E-state index contributed by atoms with van der Waals surface area (Å²) in [5, 5.41) is 12.8. The number of amides is 2. The molecule has 132 valence electrons. The third kappa shape index (κ3) is 3.62. The van der Waals surface area contributed by atoms with E-state index in [1.165, 1.54) is 11.0 Å². The zero-order chi connectivity index (χ0) is 19.0. The van der Waals surface area contributed by atoms with Crippen LogP contribution in [0, 0.1) is 14.1 Å².